The molecule has 0 unspecified atom stereocenters. The Morgan fingerprint density at radius 3 is 2.75 bits per heavy atom. The molecule has 2 aromatic rings. The van der Waals surface area contributed by atoms with E-state index in [0.717, 1.165) is 23.4 Å². The van der Waals surface area contributed by atoms with E-state index in [0.29, 0.717) is 23.8 Å². The molecule has 1 aromatic carbocycles. The van der Waals surface area contributed by atoms with Crippen molar-refractivity contribution in [2.45, 2.75) is 12.8 Å². The van der Waals surface area contributed by atoms with Crippen molar-refractivity contribution < 1.29 is 4.79 Å². The summed E-state index contributed by atoms with van der Waals surface area (Å²) < 4.78 is 0. The largest absolute Gasteiger partial charge is 0.351 e. The Labute approximate surface area is 127 Å². The molecule has 0 fully saturated rings. The molecule has 20 heavy (non-hydrogen) atoms. The van der Waals surface area contributed by atoms with Crippen LogP contribution in [0.4, 0.5) is 0 Å². The first kappa shape index (κ1) is 15.0. The minimum absolute atomic E-state index is 0.140. The summed E-state index contributed by atoms with van der Waals surface area (Å²) in [5.41, 5.74) is 6.81. The zero-order chi connectivity index (χ0) is 14.4. The number of rotatable bonds is 6. The molecule has 0 spiro atoms. The number of thiazole rings is 1. The van der Waals surface area contributed by atoms with E-state index < -0.39 is 0 Å². The lowest BCUT2D eigenvalue weighted by atomic mass is 10.2. The van der Waals surface area contributed by atoms with Crippen LogP contribution in [0.2, 0.25) is 5.02 Å². The third-order valence-corrected chi connectivity index (χ3v) is 3.89. The van der Waals surface area contributed by atoms with Gasteiger partial charge in [-0.25, -0.2) is 4.98 Å². The molecule has 0 atom stereocenters. The summed E-state index contributed by atoms with van der Waals surface area (Å²) in [4.78, 5) is 16.2. The molecule has 0 aliphatic rings. The molecule has 0 bridgehead atoms. The Balaban J connectivity index is 1.98. The zero-order valence-corrected chi connectivity index (χ0v) is 12.5. The number of nitrogens with one attached hydrogen (secondary N) is 1. The summed E-state index contributed by atoms with van der Waals surface area (Å²) in [5.74, 6) is -0.140. The molecule has 1 amide bonds. The second-order valence-corrected chi connectivity index (χ2v) is 5.59. The van der Waals surface area contributed by atoms with Gasteiger partial charge in [-0.3, -0.25) is 4.79 Å². The van der Waals surface area contributed by atoms with Crippen molar-refractivity contribution in [2.75, 3.05) is 13.1 Å². The van der Waals surface area contributed by atoms with Crippen LogP contribution in [0, 0.1) is 0 Å². The molecule has 2 rings (SSSR count). The minimum atomic E-state index is -0.140. The molecule has 0 aliphatic heterocycles. The van der Waals surface area contributed by atoms with Crippen LogP contribution in [0.15, 0.2) is 29.6 Å². The highest BCUT2D eigenvalue weighted by atomic mass is 35.5. The Hall–Kier alpha value is -1.43. The van der Waals surface area contributed by atoms with Gasteiger partial charge in [-0.1, -0.05) is 23.7 Å². The highest BCUT2D eigenvalue weighted by Crippen LogP contribution is 2.25. The molecule has 0 radical (unpaired) electrons. The molecular formula is C14H16ClN3OS. The fourth-order valence-corrected chi connectivity index (χ4v) is 2.60. The standard InChI is InChI=1S/C14H16ClN3OS/c15-11-5-3-10(4-6-11)14-18-12(9-20-14)13(19)17-8-2-1-7-16/h3-6,9H,1-2,7-8,16H2,(H,17,19). The maximum absolute atomic E-state index is 11.9. The number of carbonyl (C=O) groups is 1. The molecule has 4 nitrogen and oxygen atoms in total. The van der Waals surface area contributed by atoms with Gasteiger partial charge in [-0.2, -0.15) is 0 Å². The maximum Gasteiger partial charge on any atom is 0.270 e. The van der Waals surface area contributed by atoms with E-state index in [1.165, 1.54) is 11.3 Å². The summed E-state index contributed by atoms with van der Waals surface area (Å²) in [5, 5.41) is 6.10. The molecule has 3 N–H and O–H groups in total. The number of benzene rings is 1. The van der Waals surface area contributed by atoms with Crippen molar-refractivity contribution >= 4 is 28.8 Å². The first-order chi connectivity index (χ1) is 9.70. The van der Waals surface area contributed by atoms with Crippen LogP contribution in [-0.4, -0.2) is 24.0 Å². The van der Waals surface area contributed by atoms with E-state index in [9.17, 15) is 4.79 Å². The van der Waals surface area contributed by atoms with Crippen LogP contribution in [0.5, 0.6) is 0 Å². The van der Waals surface area contributed by atoms with Crippen LogP contribution in [0.25, 0.3) is 10.6 Å². The van der Waals surface area contributed by atoms with Crippen LogP contribution in [-0.2, 0) is 0 Å². The molecule has 0 saturated carbocycles. The van der Waals surface area contributed by atoms with Crippen molar-refractivity contribution in [1.29, 1.82) is 0 Å². The number of hydrogen-bond donors (Lipinski definition) is 2. The van der Waals surface area contributed by atoms with Gasteiger partial charge in [-0.15, -0.1) is 11.3 Å². The number of amides is 1. The van der Waals surface area contributed by atoms with Gasteiger partial charge in [0.1, 0.15) is 10.7 Å². The van der Waals surface area contributed by atoms with Gasteiger partial charge in [-0.05, 0) is 31.5 Å². The van der Waals surface area contributed by atoms with Crippen LogP contribution < -0.4 is 11.1 Å². The van der Waals surface area contributed by atoms with Crippen molar-refractivity contribution in [2.24, 2.45) is 5.73 Å². The Kier molecular flexibility index (Phi) is 5.52. The van der Waals surface area contributed by atoms with Crippen molar-refractivity contribution in [3.63, 3.8) is 0 Å². The number of nitrogens with zero attached hydrogens (tertiary/aromatic N) is 1. The molecule has 0 saturated heterocycles. The Bertz CT molecular complexity index is 568. The Morgan fingerprint density at radius 1 is 1.30 bits per heavy atom. The highest BCUT2D eigenvalue weighted by molar-refractivity contribution is 7.13. The summed E-state index contributed by atoms with van der Waals surface area (Å²) >= 11 is 7.29. The molecule has 1 heterocycles. The number of nitrogens with two attached hydrogens (primary N) is 1. The smallest absolute Gasteiger partial charge is 0.270 e. The third kappa shape index (κ3) is 4.03. The van der Waals surface area contributed by atoms with Gasteiger partial charge in [0.25, 0.3) is 5.91 Å². The number of hydrogen-bond acceptors (Lipinski definition) is 4. The molecule has 1 aromatic heterocycles. The highest BCUT2D eigenvalue weighted by Gasteiger charge is 2.11. The monoisotopic (exact) mass is 309 g/mol. The predicted molar refractivity (Wildman–Crippen MR) is 83.2 cm³/mol. The Morgan fingerprint density at radius 2 is 2.05 bits per heavy atom. The van der Waals surface area contributed by atoms with Gasteiger partial charge >= 0.3 is 0 Å². The van der Waals surface area contributed by atoms with E-state index in [-0.39, 0.29) is 5.91 Å². The zero-order valence-electron chi connectivity index (χ0n) is 10.9. The van der Waals surface area contributed by atoms with Crippen molar-refractivity contribution in [3.05, 3.63) is 40.4 Å². The molecule has 106 valence electrons. The van der Waals surface area contributed by atoms with Crippen molar-refractivity contribution in [3.8, 4) is 10.6 Å². The van der Waals surface area contributed by atoms with Gasteiger partial charge < -0.3 is 11.1 Å². The second kappa shape index (κ2) is 7.38. The summed E-state index contributed by atoms with van der Waals surface area (Å²) in [6, 6.07) is 7.41. The van der Waals surface area contributed by atoms with Gasteiger partial charge in [0.15, 0.2) is 0 Å². The number of carbonyl (C=O) groups excluding carboxylic acids is 1. The first-order valence-corrected chi connectivity index (χ1v) is 7.66. The van der Waals surface area contributed by atoms with E-state index in [1.54, 1.807) is 5.38 Å². The second-order valence-electron chi connectivity index (χ2n) is 4.30. The fraction of sp³-hybridized carbons (Fsp3) is 0.286. The van der Waals surface area contributed by atoms with E-state index >= 15 is 0 Å². The summed E-state index contributed by atoms with van der Waals surface area (Å²) in [7, 11) is 0. The fourth-order valence-electron chi connectivity index (χ4n) is 1.66. The van der Waals surface area contributed by atoms with E-state index in [2.05, 4.69) is 10.3 Å². The third-order valence-electron chi connectivity index (χ3n) is 2.74. The number of unbranched alkanes of at least 4 members (excludes halogenated alkanes) is 1. The van der Waals surface area contributed by atoms with E-state index in [4.69, 9.17) is 17.3 Å². The first-order valence-electron chi connectivity index (χ1n) is 6.40. The van der Waals surface area contributed by atoms with Crippen LogP contribution in [0.3, 0.4) is 0 Å². The quantitative estimate of drug-likeness (QED) is 0.806. The van der Waals surface area contributed by atoms with Crippen LogP contribution >= 0.6 is 22.9 Å². The lowest BCUT2D eigenvalue weighted by Gasteiger charge is -2.01. The number of halogens is 1. The molecular weight excluding hydrogens is 294 g/mol. The maximum atomic E-state index is 11.9. The van der Waals surface area contributed by atoms with Gasteiger partial charge in [0.2, 0.25) is 0 Å². The minimum Gasteiger partial charge on any atom is -0.351 e. The lowest BCUT2D eigenvalue weighted by molar-refractivity contribution is 0.0949. The normalized spacial score (nSPS) is 10.5. The summed E-state index contributed by atoms with van der Waals surface area (Å²) in [6.07, 6.45) is 1.80. The average Bonchev–Trinajstić information content (AvgIpc) is 2.94. The topological polar surface area (TPSA) is 68.0 Å². The molecule has 6 heteroatoms. The molecule has 0 aliphatic carbocycles. The number of aromatic nitrogens is 1. The SMILES string of the molecule is NCCCCNC(=O)c1csc(-c2ccc(Cl)cc2)n1. The predicted octanol–water partition coefficient (Wildman–Crippen LogP) is 2.93. The summed E-state index contributed by atoms with van der Waals surface area (Å²) in [6.45, 7) is 1.27. The van der Waals surface area contributed by atoms with Crippen LogP contribution in [0.1, 0.15) is 23.3 Å². The van der Waals surface area contributed by atoms with Crippen molar-refractivity contribution in [1.82, 2.24) is 10.3 Å². The van der Waals surface area contributed by atoms with Gasteiger partial charge in [0.05, 0.1) is 0 Å². The van der Waals surface area contributed by atoms with Gasteiger partial charge in [0, 0.05) is 22.5 Å². The lowest BCUT2D eigenvalue weighted by Crippen LogP contribution is -2.25. The average molecular weight is 310 g/mol. The van der Waals surface area contributed by atoms with E-state index in [1.807, 2.05) is 24.3 Å².